The summed E-state index contributed by atoms with van der Waals surface area (Å²) in [5.74, 6) is -0.631. The lowest BCUT2D eigenvalue weighted by Gasteiger charge is -2.06. The van der Waals surface area contributed by atoms with Crippen molar-refractivity contribution in [3.63, 3.8) is 0 Å². The van der Waals surface area contributed by atoms with E-state index >= 15 is 0 Å². The van der Waals surface area contributed by atoms with Crippen LogP contribution in [0.1, 0.15) is 5.56 Å². The van der Waals surface area contributed by atoms with Gasteiger partial charge < -0.3 is 4.74 Å². The second-order valence-corrected chi connectivity index (χ2v) is 2.13. The molecule has 1 rings (SSSR count). The smallest absolute Gasteiger partial charge is 0.387 e. The van der Waals surface area contributed by atoms with Gasteiger partial charge in [-0.25, -0.2) is 4.39 Å². The third-order valence-electron chi connectivity index (χ3n) is 1.24. The first-order chi connectivity index (χ1) is 5.59. The van der Waals surface area contributed by atoms with Gasteiger partial charge in [-0.15, -0.1) is 0 Å². The lowest BCUT2D eigenvalue weighted by Crippen LogP contribution is -2.03. The van der Waals surface area contributed by atoms with Crippen LogP contribution in [0.15, 0.2) is 18.2 Å². The van der Waals surface area contributed by atoms with Crippen molar-refractivity contribution < 1.29 is 17.9 Å². The van der Waals surface area contributed by atoms with Gasteiger partial charge in [0.2, 0.25) is 0 Å². The maximum absolute atomic E-state index is 12.4. The maximum atomic E-state index is 12.4. The normalized spacial score (nSPS) is 10.4. The number of benzene rings is 1. The van der Waals surface area contributed by atoms with E-state index in [1.54, 1.807) is 0 Å². The minimum atomic E-state index is -2.91. The summed E-state index contributed by atoms with van der Waals surface area (Å²) in [4.78, 5) is 0. The minimum absolute atomic E-state index is 0.105. The summed E-state index contributed by atoms with van der Waals surface area (Å²) in [6.45, 7) is 0.430. The Bertz CT molecular complexity index is 273. The van der Waals surface area contributed by atoms with E-state index in [1.165, 1.54) is 0 Å². The Hall–Kier alpha value is -1.19. The molecule has 0 unspecified atom stereocenters. The van der Waals surface area contributed by atoms with Crippen LogP contribution in [0.4, 0.5) is 13.2 Å². The second kappa shape index (κ2) is 3.47. The van der Waals surface area contributed by atoms with Gasteiger partial charge in [-0.3, -0.25) is 0 Å². The first-order valence-electron chi connectivity index (χ1n) is 3.16. The van der Waals surface area contributed by atoms with Crippen molar-refractivity contribution in [2.75, 3.05) is 0 Å². The lowest BCUT2D eigenvalue weighted by atomic mass is 10.2. The molecule has 0 fully saturated rings. The molecule has 1 nitrogen and oxygen atoms in total. The quantitative estimate of drug-likeness (QED) is 0.671. The zero-order valence-electron chi connectivity index (χ0n) is 6.06. The van der Waals surface area contributed by atoms with Crippen LogP contribution < -0.4 is 4.74 Å². The van der Waals surface area contributed by atoms with Gasteiger partial charge >= 0.3 is 6.61 Å². The zero-order chi connectivity index (χ0) is 9.14. The molecule has 1 aromatic rings. The monoisotopic (exact) mass is 175 g/mol. The fourth-order valence-corrected chi connectivity index (χ4v) is 0.759. The van der Waals surface area contributed by atoms with E-state index in [0.29, 0.717) is 0 Å². The molecule has 0 aromatic heterocycles. The largest absolute Gasteiger partial charge is 0.435 e. The van der Waals surface area contributed by atoms with E-state index in [4.69, 9.17) is 0 Å². The van der Waals surface area contributed by atoms with Crippen LogP contribution in [0.2, 0.25) is 0 Å². The SMILES string of the molecule is [CH2]c1cc(F)ccc1OC(F)F. The van der Waals surface area contributed by atoms with Gasteiger partial charge in [0.1, 0.15) is 11.6 Å². The van der Waals surface area contributed by atoms with Crippen LogP contribution in [0.25, 0.3) is 0 Å². The molecule has 4 heteroatoms. The molecule has 0 saturated heterocycles. The van der Waals surface area contributed by atoms with Crippen LogP contribution in [0.5, 0.6) is 5.75 Å². The van der Waals surface area contributed by atoms with Gasteiger partial charge in [0.15, 0.2) is 0 Å². The van der Waals surface area contributed by atoms with Crippen molar-refractivity contribution in [3.05, 3.63) is 36.5 Å². The van der Waals surface area contributed by atoms with Gasteiger partial charge in [-0.2, -0.15) is 8.78 Å². The summed E-state index contributed by atoms with van der Waals surface area (Å²) < 4.78 is 39.8. The predicted octanol–water partition coefficient (Wildman–Crippen LogP) is 2.61. The third kappa shape index (κ3) is 2.15. The molecule has 0 bridgehead atoms. The van der Waals surface area contributed by atoms with Crippen LogP contribution in [0, 0.1) is 12.7 Å². The number of hydrogen-bond donors (Lipinski definition) is 0. The summed E-state index contributed by atoms with van der Waals surface area (Å²) in [6.07, 6.45) is 0. The molecular formula is C8H6F3O. The molecule has 1 radical (unpaired) electrons. The molecule has 0 amide bonds. The number of hydrogen-bond acceptors (Lipinski definition) is 1. The number of ether oxygens (including phenoxy) is 1. The topological polar surface area (TPSA) is 9.23 Å². The molecule has 0 atom stereocenters. The fourth-order valence-electron chi connectivity index (χ4n) is 0.759. The molecule has 0 aliphatic heterocycles. The molecule has 0 aliphatic carbocycles. The molecule has 0 spiro atoms. The number of alkyl halides is 2. The molecule has 0 heterocycles. The van der Waals surface area contributed by atoms with Crippen LogP contribution in [-0.2, 0) is 0 Å². The van der Waals surface area contributed by atoms with Crippen LogP contribution in [-0.4, -0.2) is 6.61 Å². The summed E-state index contributed by atoms with van der Waals surface area (Å²) in [6, 6.07) is 3.17. The van der Waals surface area contributed by atoms with E-state index in [9.17, 15) is 13.2 Å². The Kier molecular flexibility index (Phi) is 2.58. The zero-order valence-corrected chi connectivity index (χ0v) is 6.06. The average Bonchev–Trinajstić information content (AvgIpc) is 1.94. The number of rotatable bonds is 2. The molecule has 1 aromatic carbocycles. The summed E-state index contributed by atoms with van der Waals surface area (Å²) >= 11 is 0. The standard InChI is InChI=1S/C8H6F3O/c1-5-4-6(9)2-3-7(5)12-8(10)11/h2-4,8H,1H2. The maximum Gasteiger partial charge on any atom is 0.387 e. The molecule has 0 saturated carbocycles. The summed E-state index contributed by atoms with van der Waals surface area (Å²) in [7, 11) is 0. The van der Waals surface area contributed by atoms with Crippen molar-refractivity contribution in [2.45, 2.75) is 6.61 Å². The highest BCUT2D eigenvalue weighted by molar-refractivity contribution is 5.35. The highest BCUT2D eigenvalue weighted by Crippen LogP contribution is 2.20. The van der Waals surface area contributed by atoms with Gasteiger partial charge in [-0.1, -0.05) is 0 Å². The summed E-state index contributed by atoms with van der Waals surface area (Å²) in [5, 5.41) is 0. The lowest BCUT2D eigenvalue weighted by molar-refractivity contribution is -0.0501. The van der Waals surface area contributed by atoms with Gasteiger partial charge in [0.05, 0.1) is 0 Å². The van der Waals surface area contributed by atoms with Crippen molar-refractivity contribution in [2.24, 2.45) is 0 Å². The first-order valence-corrected chi connectivity index (χ1v) is 3.16. The molecule has 65 valence electrons. The van der Waals surface area contributed by atoms with E-state index in [2.05, 4.69) is 11.7 Å². The second-order valence-electron chi connectivity index (χ2n) is 2.13. The molecule has 12 heavy (non-hydrogen) atoms. The first kappa shape index (κ1) is 8.90. The van der Waals surface area contributed by atoms with Crippen molar-refractivity contribution >= 4 is 0 Å². The Morgan fingerprint density at radius 1 is 1.33 bits per heavy atom. The van der Waals surface area contributed by atoms with Crippen molar-refractivity contribution in [1.29, 1.82) is 0 Å². The molecule has 0 N–H and O–H groups in total. The Balaban J connectivity index is 2.86. The number of halogens is 3. The van der Waals surface area contributed by atoms with Gasteiger partial charge in [-0.05, 0) is 30.7 Å². The molecule has 0 aliphatic rings. The Labute approximate surface area is 67.8 Å². The van der Waals surface area contributed by atoms with Crippen LogP contribution in [0.3, 0.4) is 0 Å². The molecular weight excluding hydrogens is 169 g/mol. The minimum Gasteiger partial charge on any atom is -0.435 e. The van der Waals surface area contributed by atoms with Gasteiger partial charge in [0.25, 0.3) is 0 Å². The van der Waals surface area contributed by atoms with Crippen LogP contribution >= 0.6 is 0 Å². The van der Waals surface area contributed by atoms with E-state index in [0.717, 1.165) is 18.2 Å². The van der Waals surface area contributed by atoms with Crippen molar-refractivity contribution in [1.82, 2.24) is 0 Å². The predicted molar refractivity (Wildman–Crippen MR) is 37.5 cm³/mol. The van der Waals surface area contributed by atoms with E-state index in [1.807, 2.05) is 0 Å². The van der Waals surface area contributed by atoms with E-state index in [-0.39, 0.29) is 11.3 Å². The third-order valence-corrected chi connectivity index (χ3v) is 1.24. The fraction of sp³-hybridized carbons (Fsp3) is 0.125. The van der Waals surface area contributed by atoms with E-state index < -0.39 is 12.4 Å². The van der Waals surface area contributed by atoms with Gasteiger partial charge in [0, 0.05) is 0 Å². The Morgan fingerprint density at radius 3 is 2.50 bits per heavy atom. The van der Waals surface area contributed by atoms with Crippen molar-refractivity contribution in [3.8, 4) is 5.75 Å². The Morgan fingerprint density at radius 2 is 2.00 bits per heavy atom. The highest BCUT2D eigenvalue weighted by atomic mass is 19.3. The summed E-state index contributed by atoms with van der Waals surface area (Å²) in [5.41, 5.74) is 0.107. The highest BCUT2D eigenvalue weighted by Gasteiger charge is 2.06. The average molecular weight is 175 g/mol.